The van der Waals surface area contributed by atoms with Crippen LogP contribution in [0, 0.1) is 0 Å². The molecule has 0 aromatic carbocycles. The highest BCUT2D eigenvalue weighted by Gasteiger charge is 2.19. The van der Waals surface area contributed by atoms with Crippen LogP contribution in [0.3, 0.4) is 0 Å². The van der Waals surface area contributed by atoms with E-state index in [1.54, 1.807) is 0 Å². The number of sulfone groups is 1. The van der Waals surface area contributed by atoms with Gasteiger partial charge < -0.3 is 9.73 Å². The maximum absolute atomic E-state index is 11.4. The molecular weight excluding hydrogens is 238 g/mol. The van der Waals surface area contributed by atoms with Gasteiger partial charge in [-0.25, -0.2) is 8.42 Å². The first-order valence-electron chi connectivity index (χ1n) is 5.96. The Balaban J connectivity index is 2.81. The topological polar surface area (TPSA) is 59.3 Å². The van der Waals surface area contributed by atoms with Crippen LogP contribution in [0.2, 0.25) is 0 Å². The van der Waals surface area contributed by atoms with Crippen molar-refractivity contribution in [2.45, 2.75) is 32.7 Å². The van der Waals surface area contributed by atoms with Crippen LogP contribution < -0.4 is 5.32 Å². The number of hydrogen-bond donors (Lipinski definition) is 1. The Bertz CT molecular complexity index is 436. The molecule has 1 unspecified atom stereocenters. The molecule has 5 heteroatoms. The largest absolute Gasteiger partial charge is 0.464 e. The molecule has 0 spiro atoms. The molecule has 1 atom stereocenters. The zero-order valence-corrected chi connectivity index (χ0v) is 11.5. The summed E-state index contributed by atoms with van der Waals surface area (Å²) in [5, 5.41) is 3.21. The van der Waals surface area contributed by atoms with E-state index < -0.39 is 9.84 Å². The van der Waals surface area contributed by atoms with Crippen molar-refractivity contribution in [1.29, 1.82) is 0 Å². The van der Waals surface area contributed by atoms with Crippen molar-refractivity contribution in [2.75, 3.05) is 18.6 Å². The average molecular weight is 259 g/mol. The first kappa shape index (κ1) is 14.3. The predicted octanol–water partition coefficient (Wildman–Crippen LogP) is 1.93. The Morgan fingerprint density at radius 3 is 2.53 bits per heavy atom. The van der Waals surface area contributed by atoms with E-state index in [9.17, 15) is 8.42 Å². The molecule has 0 amide bonds. The van der Waals surface area contributed by atoms with Crippen LogP contribution in [0.4, 0.5) is 0 Å². The fourth-order valence-corrected chi connectivity index (χ4v) is 2.52. The highest BCUT2D eigenvalue weighted by Crippen LogP contribution is 2.18. The SMILES string of the molecule is CCCNC(CS(C)(=O)=O)c1ccc(CC)o1. The Labute approximate surface area is 103 Å². The second-order valence-corrected chi connectivity index (χ2v) is 6.44. The van der Waals surface area contributed by atoms with Gasteiger partial charge in [-0.15, -0.1) is 0 Å². The predicted molar refractivity (Wildman–Crippen MR) is 68.8 cm³/mol. The van der Waals surface area contributed by atoms with Gasteiger partial charge in [0, 0.05) is 12.7 Å². The van der Waals surface area contributed by atoms with Gasteiger partial charge in [-0.3, -0.25) is 0 Å². The molecule has 1 N–H and O–H groups in total. The van der Waals surface area contributed by atoms with Crippen molar-refractivity contribution in [3.05, 3.63) is 23.7 Å². The van der Waals surface area contributed by atoms with Gasteiger partial charge in [0.25, 0.3) is 0 Å². The lowest BCUT2D eigenvalue weighted by molar-refractivity contribution is 0.409. The summed E-state index contributed by atoms with van der Waals surface area (Å²) in [5.74, 6) is 1.67. The molecule has 0 aliphatic rings. The van der Waals surface area contributed by atoms with Crippen LogP contribution in [0.1, 0.15) is 37.8 Å². The lowest BCUT2D eigenvalue weighted by atomic mass is 10.2. The minimum atomic E-state index is -3.02. The lowest BCUT2D eigenvalue weighted by Gasteiger charge is -2.15. The standard InChI is InChI=1S/C12H21NO3S/c1-4-8-13-11(9-17(3,14)15)12-7-6-10(5-2)16-12/h6-7,11,13H,4-5,8-9H2,1-3H3. The van der Waals surface area contributed by atoms with Crippen molar-refractivity contribution in [2.24, 2.45) is 0 Å². The van der Waals surface area contributed by atoms with Crippen molar-refractivity contribution < 1.29 is 12.8 Å². The summed E-state index contributed by atoms with van der Waals surface area (Å²) in [5.41, 5.74) is 0. The quantitative estimate of drug-likeness (QED) is 0.813. The normalized spacial score (nSPS) is 13.8. The van der Waals surface area contributed by atoms with Gasteiger partial charge in [0.05, 0.1) is 11.8 Å². The minimum Gasteiger partial charge on any atom is -0.464 e. The first-order valence-corrected chi connectivity index (χ1v) is 8.02. The molecule has 0 aliphatic carbocycles. The molecule has 4 nitrogen and oxygen atoms in total. The number of rotatable bonds is 7. The first-order chi connectivity index (χ1) is 7.96. The molecule has 0 saturated carbocycles. The number of aryl methyl sites for hydroxylation is 1. The molecule has 1 aromatic heterocycles. The Morgan fingerprint density at radius 2 is 2.06 bits per heavy atom. The maximum Gasteiger partial charge on any atom is 0.149 e. The van der Waals surface area contributed by atoms with Gasteiger partial charge in [-0.2, -0.15) is 0 Å². The highest BCUT2D eigenvalue weighted by molar-refractivity contribution is 7.90. The maximum atomic E-state index is 11.4. The summed E-state index contributed by atoms with van der Waals surface area (Å²) in [4.78, 5) is 0. The molecule has 17 heavy (non-hydrogen) atoms. The van der Waals surface area contributed by atoms with Crippen LogP contribution in [-0.2, 0) is 16.3 Å². The van der Waals surface area contributed by atoms with E-state index >= 15 is 0 Å². The molecule has 0 radical (unpaired) electrons. The van der Waals surface area contributed by atoms with E-state index in [-0.39, 0.29) is 11.8 Å². The van der Waals surface area contributed by atoms with Crippen molar-refractivity contribution in [3.63, 3.8) is 0 Å². The molecule has 0 fully saturated rings. The minimum absolute atomic E-state index is 0.0731. The third-order valence-electron chi connectivity index (χ3n) is 2.48. The summed E-state index contributed by atoms with van der Waals surface area (Å²) >= 11 is 0. The van der Waals surface area contributed by atoms with Gasteiger partial charge in [0.1, 0.15) is 21.4 Å². The van der Waals surface area contributed by atoms with Crippen molar-refractivity contribution in [3.8, 4) is 0 Å². The number of hydrogen-bond acceptors (Lipinski definition) is 4. The second-order valence-electron chi connectivity index (χ2n) is 4.26. The van der Waals surface area contributed by atoms with E-state index in [0.717, 1.165) is 25.1 Å². The Morgan fingerprint density at radius 1 is 1.35 bits per heavy atom. The van der Waals surface area contributed by atoms with Crippen molar-refractivity contribution >= 4 is 9.84 Å². The second kappa shape index (κ2) is 6.21. The molecule has 0 saturated heterocycles. The third-order valence-corrected chi connectivity index (χ3v) is 3.42. The van der Waals surface area contributed by atoms with E-state index in [1.165, 1.54) is 6.26 Å². The Kier molecular flexibility index (Phi) is 5.21. The van der Waals surface area contributed by atoms with Crippen LogP contribution in [0.25, 0.3) is 0 Å². The molecule has 98 valence electrons. The Hall–Kier alpha value is -0.810. The van der Waals surface area contributed by atoms with E-state index in [2.05, 4.69) is 5.32 Å². The van der Waals surface area contributed by atoms with Crippen LogP contribution in [0.15, 0.2) is 16.5 Å². The number of nitrogens with one attached hydrogen (secondary N) is 1. The zero-order chi connectivity index (χ0) is 12.9. The lowest BCUT2D eigenvalue weighted by Crippen LogP contribution is -2.28. The van der Waals surface area contributed by atoms with E-state index in [4.69, 9.17) is 4.42 Å². The third kappa shape index (κ3) is 4.91. The molecule has 0 aliphatic heterocycles. The molecular formula is C12H21NO3S. The molecule has 1 rings (SSSR count). The van der Waals surface area contributed by atoms with Gasteiger partial charge in [0.2, 0.25) is 0 Å². The fraction of sp³-hybridized carbons (Fsp3) is 0.667. The van der Waals surface area contributed by atoms with E-state index in [0.29, 0.717) is 5.76 Å². The summed E-state index contributed by atoms with van der Waals surface area (Å²) in [6, 6.07) is 3.51. The van der Waals surface area contributed by atoms with Crippen LogP contribution in [0.5, 0.6) is 0 Å². The summed E-state index contributed by atoms with van der Waals surface area (Å²) < 4.78 is 28.4. The number of furan rings is 1. The van der Waals surface area contributed by atoms with Crippen molar-refractivity contribution in [1.82, 2.24) is 5.32 Å². The fourth-order valence-electron chi connectivity index (χ4n) is 1.63. The van der Waals surface area contributed by atoms with E-state index in [1.807, 2.05) is 26.0 Å². The average Bonchev–Trinajstić information content (AvgIpc) is 2.71. The molecule has 0 bridgehead atoms. The van der Waals surface area contributed by atoms with Crippen LogP contribution in [-0.4, -0.2) is 27.0 Å². The molecule has 1 aromatic rings. The summed E-state index contributed by atoms with van der Waals surface area (Å²) in [7, 11) is -3.02. The van der Waals surface area contributed by atoms with Gasteiger partial charge in [0.15, 0.2) is 0 Å². The highest BCUT2D eigenvalue weighted by atomic mass is 32.2. The zero-order valence-electron chi connectivity index (χ0n) is 10.7. The summed E-state index contributed by atoms with van der Waals surface area (Å²) in [6.45, 7) is 4.83. The van der Waals surface area contributed by atoms with Gasteiger partial charge >= 0.3 is 0 Å². The monoisotopic (exact) mass is 259 g/mol. The van der Waals surface area contributed by atoms with Crippen LogP contribution >= 0.6 is 0 Å². The smallest absolute Gasteiger partial charge is 0.149 e. The van der Waals surface area contributed by atoms with Gasteiger partial charge in [-0.05, 0) is 25.1 Å². The summed E-state index contributed by atoms with van der Waals surface area (Å²) in [6.07, 6.45) is 3.03. The molecule has 1 heterocycles. The van der Waals surface area contributed by atoms with Gasteiger partial charge in [-0.1, -0.05) is 13.8 Å².